The summed E-state index contributed by atoms with van der Waals surface area (Å²) in [6.45, 7) is 13.0. The van der Waals surface area contributed by atoms with Crippen LogP contribution in [-0.2, 0) is 0 Å². The fraction of sp³-hybridized carbons (Fsp3) is 0.810. The van der Waals surface area contributed by atoms with Crippen LogP contribution in [-0.4, -0.2) is 13.2 Å². The second-order valence-electron chi connectivity index (χ2n) is 7.95. The molecule has 0 rings (SSSR count). The molecule has 142 valence electrons. The van der Waals surface area contributed by atoms with Crippen molar-refractivity contribution in [3.05, 3.63) is 23.6 Å². The van der Waals surface area contributed by atoms with Gasteiger partial charge in [-0.2, -0.15) is 0 Å². The van der Waals surface area contributed by atoms with Crippen LogP contribution < -0.4 is 5.73 Å². The summed E-state index contributed by atoms with van der Waals surface area (Å²) in [6, 6.07) is 0. The number of halogens is 2. The van der Waals surface area contributed by atoms with E-state index in [2.05, 4.69) is 34.6 Å². The molecule has 1 nitrogen and oxygen atoms in total. The molecule has 0 aliphatic carbocycles. The highest BCUT2D eigenvalue weighted by molar-refractivity contribution is 5.14. The van der Waals surface area contributed by atoms with E-state index in [-0.39, 0.29) is 0 Å². The highest BCUT2D eigenvalue weighted by Crippen LogP contribution is 2.35. The molecule has 0 aromatic heterocycles. The molecule has 2 N–H and O–H groups in total. The Balaban J connectivity index is 5.15. The molecule has 0 bridgehead atoms. The van der Waals surface area contributed by atoms with Crippen molar-refractivity contribution in [1.29, 1.82) is 0 Å². The summed E-state index contributed by atoms with van der Waals surface area (Å²) >= 11 is 0. The van der Waals surface area contributed by atoms with Gasteiger partial charge in [0.1, 0.15) is 12.5 Å². The van der Waals surface area contributed by atoms with Gasteiger partial charge in [-0.3, -0.25) is 0 Å². The third-order valence-electron chi connectivity index (χ3n) is 5.24. The van der Waals surface area contributed by atoms with E-state index >= 15 is 0 Å². The lowest BCUT2D eigenvalue weighted by Crippen LogP contribution is -2.25. The third-order valence-corrected chi connectivity index (χ3v) is 5.24. The van der Waals surface area contributed by atoms with E-state index in [0.717, 1.165) is 24.8 Å². The number of allylic oxidation sites excluding steroid dienone is 4. The van der Waals surface area contributed by atoms with Crippen LogP contribution in [0.5, 0.6) is 0 Å². The largest absolute Gasteiger partial charge is 0.330 e. The molecule has 0 fully saturated rings. The first-order chi connectivity index (χ1) is 11.2. The number of alkyl halides is 1. The molecule has 0 aliphatic heterocycles. The number of nitrogens with two attached hydrogens (primary N) is 1. The van der Waals surface area contributed by atoms with Gasteiger partial charge >= 0.3 is 0 Å². The molecule has 0 amide bonds. The van der Waals surface area contributed by atoms with Gasteiger partial charge in [-0.25, -0.2) is 8.78 Å². The van der Waals surface area contributed by atoms with Gasteiger partial charge in [0.2, 0.25) is 0 Å². The van der Waals surface area contributed by atoms with Gasteiger partial charge in [0.05, 0.1) is 0 Å². The Morgan fingerprint density at radius 3 is 2.08 bits per heavy atom. The molecule has 4 unspecified atom stereocenters. The summed E-state index contributed by atoms with van der Waals surface area (Å²) in [4.78, 5) is 0. The Bertz CT molecular complexity index is 387. The average Bonchev–Trinajstić information content (AvgIpc) is 2.55. The standard InChI is InChI=1S/C21H39F2N/c1-7-19(10-15(2)3)20(12-17(5)18(6)14-24)11-16(4)8-9-21(23)13-22/h8-9,15,17-20H,7,10-14,24H2,1-6H3/b16-8+,21-9+. The van der Waals surface area contributed by atoms with E-state index in [9.17, 15) is 8.78 Å². The highest BCUT2D eigenvalue weighted by Gasteiger charge is 2.25. The van der Waals surface area contributed by atoms with Crippen LogP contribution in [0.25, 0.3) is 0 Å². The lowest BCUT2D eigenvalue weighted by Gasteiger charge is -2.32. The summed E-state index contributed by atoms with van der Waals surface area (Å²) in [7, 11) is 0. The topological polar surface area (TPSA) is 26.0 Å². The lowest BCUT2D eigenvalue weighted by atomic mass is 9.74. The SMILES string of the molecule is CCC(CC(C)C)C(C/C(C)=C/C=C(/F)CF)CC(C)C(C)CN. The van der Waals surface area contributed by atoms with Crippen molar-refractivity contribution in [2.24, 2.45) is 35.3 Å². The summed E-state index contributed by atoms with van der Waals surface area (Å²) in [6.07, 6.45) is 7.47. The molecule has 0 radical (unpaired) electrons. The van der Waals surface area contributed by atoms with Crippen molar-refractivity contribution in [1.82, 2.24) is 0 Å². The fourth-order valence-corrected chi connectivity index (χ4v) is 3.44. The molecule has 0 aliphatic rings. The van der Waals surface area contributed by atoms with E-state index in [4.69, 9.17) is 5.73 Å². The Morgan fingerprint density at radius 2 is 1.62 bits per heavy atom. The normalized spacial score (nSPS) is 18.6. The van der Waals surface area contributed by atoms with Crippen LogP contribution in [0, 0.1) is 29.6 Å². The maximum Gasteiger partial charge on any atom is 0.141 e. The van der Waals surface area contributed by atoms with E-state index in [1.54, 1.807) is 6.08 Å². The van der Waals surface area contributed by atoms with Crippen molar-refractivity contribution in [3.63, 3.8) is 0 Å². The Morgan fingerprint density at radius 1 is 1.00 bits per heavy atom. The zero-order valence-electron chi connectivity index (χ0n) is 16.6. The molecular weight excluding hydrogens is 304 g/mol. The molecule has 0 saturated heterocycles. The van der Waals surface area contributed by atoms with Crippen molar-refractivity contribution < 1.29 is 8.78 Å². The van der Waals surface area contributed by atoms with Crippen LogP contribution in [0.3, 0.4) is 0 Å². The number of hydrogen-bond acceptors (Lipinski definition) is 1. The summed E-state index contributed by atoms with van der Waals surface area (Å²) in [5, 5.41) is 0. The minimum atomic E-state index is -1.02. The van der Waals surface area contributed by atoms with Crippen LogP contribution in [0.4, 0.5) is 8.78 Å². The van der Waals surface area contributed by atoms with Crippen LogP contribution in [0.1, 0.15) is 67.2 Å². The van der Waals surface area contributed by atoms with Crippen LogP contribution in [0.15, 0.2) is 23.6 Å². The maximum atomic E-state index is 13.0. The first-order valence-corrected chi connectivity index (χ1v) is 9.52. The van der Waals surface area contributed by atoms with Gasteiger partial charge in [-0.05, 0) is 68.4 Å². The van der Waals surface area contributed by atoms with E-state index in [0.29, 0.717) is 36.1 Å². The van der Waals surface area contributed by atoms with E-state index < -0.39 is 12.5 Å². The first kappa shape index (κ1) is 23.3. The highest BCUT2D eigenvalue weighted by atomic mass is 19.2. The van der Waals surface area contributed by atoms with E-state index in [1.165, 1.54) is 12.5 Å². The molecule has 24 heavy (non-hydrogen) atoms. The molecule has 3 heteroatoms. The Labute approximate surface area is 148 Å². The van der Waals surface area contributed by atoms with Gasteiger partial charge in [0.25, 0.3) is 0 Å². The predicted molar refractivity (Wildman–Crippen MR) is 102 cm³/mol. The second kappa shape index (κ2) is 12.6. The van der Waals surface area contributed by atoms with E-state index in [1.807, 2.05) is 6.92 Å². The Hall–Kier alpha value is -0.700. The van der Waals surface area contributed by atoms with Gasteiger partial charge in [-0.15, -0.1) is 0 Å². The Kier molecular flexibility index (Phi) is 12.3. The minimum Gasteiger partial charge on any atom is -0.330 e. The molecule has 0 aromatic rings. The zero-order chi connectivity index (χ0) is 18.7. The van der Waals surface area contributed by atoms with Gasteiger partial charge < -0.3 is 5.73 Å². The molecule has 0 aromatic carbocycles. The van der Waals surface area contributed by atoms with Gasteiger partial charge in [0, 0.05) is 0 Å². The monoisotopic (exact) mass is 343 g/mol. The zero-order valence-corrected chi connectivity index (χ0v) is 16.6. The van der Waals surface area contributed by atoms with Crippen molar-refractivity contribution >= 4 is 0 Å². The summed E-state index contributed by atoms with van der Waals surface area (Å²) < 4.78 is 25.3. The second-order valence-corrected chi connectivity index (χ2v) is 7.95. The van der Waals surface area contributed by atoms with Gasteiger partial charge in [0.15, 0.2) is 0 Å². The molecule has 4 atom stereocenters. The first-order valence-electron chi connectivity index (χ1n) is 9.52. The van der Waals surface area contributed by atoms with Gasteiger partial charge in [-0.1, -0.05) is 52.7 Å². The molecule has 0 heterocycles. The van der Waals surface area contributed by atoms with Crippen molar-refractivity contribution in [3.8, 4) is 0 Å². The molecule has 0 saturated carbocycles. The summed E-state index contributed by atoms with van der Waals surface area (Å²) in [5.41, 5.74) is 6.96. The molecule has 0 spiro atoms. The maximum absolute atomic E-state index is 13.0. The lowest BCUT2D eigenvalue weighted by molar-refractivity contribution is 0.207. The molecular formula is C21H39F2N. The average molecular weight is 344 g/mol. The van der Waals surface area contributed by atoms with Crippen molar-refractivity contribution in [2.45, 2.75) is 67.2 Å². The van der Waals surface area contributed by atoms with Crippen molar-refractivity contribution in [2.75, 3.05) is 13.2 Å². The van der Waals surface area contributed by atoms with Crippen LogP contribution in [0.2, 0.25) is 0 Å². The minimum absolute atomic E-state index is 0.511. The number of rotatable bonds is 12. The quantitative estimate of drug-likeness (QED) is 0.405. The predicted octanol–water partition coefficient (Wildman–Crippen LogP) is 6.46. The third kappa shape index (κ3) is 9.56. The smallest absolute Gasteiger partial charge is 0.141 e. The summed E-state index contributed by atoms with van der Waals surface area (Å²) in [5.74, 6) is 2.29. The van der Waals surface area contributed by atoms with Crippen LogP contribution >= 0.6 is 0 Å². The number of hydrogen-bond donors (Lipinski definition) is 1. The fourth-order valence-electron chi connectivity index (χ4n) is 3.44.